The fourth-order valence-electron chi connectivity index (χ4n) is 1.90. The van der Waals surface area contributed by atoms with Crippen LogP contribution in [0.5, 0.6) is 0 Å². The molecule has 0 saturated carbocycles. The van der Waals surface area contributed by atoms with E-state index in [0.717, 1.165) is 23.3 Å². The van der Waals surface area contributed by atoms with Crippen LogP contribution >= 0.6 is 11.8 Å². The largest absolute Gasteiger partial charge is 0.199 e. The van der Waals surface area contributed by atoms with Gasteiger partial charge in [-0.05, 0) is 23.5 Å². The highest BCUT2D eigenvalue weighted by atomic mass is 32.2. The molecule has 0 spiro atoms. The van der Waals surface area contributed by atoms with Gasteiger partial charge in [0.1, 0.15) is 0 Å². The van der Waals surface area contributed by atoms with E-state index in [2.05, 4.69) is 19.9 Å². The van der Waals surface area contributed by atoms with Crippen molar-refractivity contribution >= 4 is 17.3 Å². The Morgan fingerprint density at radius 3 is 2.87 bits per heavy atom. The molecule has 0 nitrogen and oxygen atoms in total. The Balaban J connectivity index is 2.50. The molecule has 0 amide bonds. The summed E-state index contributed by atoms with van der Waals surface area (Å²) in [5.74, 6) is 1.07. The van der Waals surface area contributed by atoms with Crippen LogP contribution in [0.15, 0.2) is 29.4 Å². The van der Waals surface area contributed by atoms with Crippen LogP contribution in [0.4, 0.5) is 4.39 Å². The Morgan fingerprint density at radius 1 is 1.40 bits per heavy atom. The zero-order valence-electron chi connectivity index (χ0n) is 9.09. The van der Waals surface area contributed by atoms with Gasteiger partial charge in [-0.3, -0.25) is 0 Å². The Morgan fingerprint density at radius 2 is 2.13 bits per heavy atom. The first-order chi connectivity index (χ1) is 7.24. The van der Waals surface area contributed by atoms with Gasteiger partial charge in [0.05, 0.1) is 0 Å². The molecule has 0 N–H and O–H groups in total. The van der Waals surface area contributed by atoms with Crippen molar-refractivity contribution in [3.8, 4) is 0 Å². The lowest BCUT2D eigenvalue weighted by molar-refractivity contribution is 0.656. The molecule has 2 rings (SSSR count). The summed E-state index contributed by atoms with van der Waals surface area (Å²) in [7, 11) is 0. The normalized spacial score (nSPS) is 17.5. The molecule has 1 aliphatic heterocycles. The second-order valence-corrected chi connectivity index (χ2v) is 4.88. The van der Waals surface area contributed by atoms with E-state index < -0.39 is 0 Å². The maximum Gasteiger partial charge on any atom is 0.160 e. The number of hydrogen-bond donors (Lipinski definition) is 0. The van der Waals surface area contributed by atoms with Gasteiger partial charge in [0, 0.05) is 11.3 Å². The van der Waals surface area contributed by atoms with E-state index in [1.54, 1.807) is 0 Å². The predicted molar refractivity (Wildman–Crippen MR) is 65.2 cm³/mol. The van der Waals surface area contributed by atoms with Gasteiger partial charge in [0.2, 0.25) is 0 Å². The van der Waals surface area contributed by atoms with Gasteiger partial charge < -0.3 is 0 Å². The maximum absolute atomic E-state index is 13.8. The number of halogens is 1. The highest BCUT2D eigenvalue weighted by Gasteiger charge is 2.22. The zero-order chi connectivity index (χ0) is 10.8. The van der Waals surface area contributed by atoms with Crippen LogP contribution < -0.4 is 0 Å². The van der Waals surface area contributed by atoms with Crippen LogP contribution in [-0.4, -0.2) is 0 Å². The van der Waals surface area contributed by atoms with Crippen LogP contribution in [0.25, 0.3) is 5.57 Å². The topological polar surface area (TPSA) is 0 Å². The summed E-state index contributed by atoms with van der Waals surface area (Å²) in [4.78, 5) is 0. The summed E-state index contributed by atoms with van der Waals surface area (Å²) in [5, 5.41) is 0.0167. The third kappa shape index (κ3) is 1.96. The molecule has 1 aromatic carbocycles. The third-order valence-electron chi connectivity index (χ3n) is 2.98. The number of allylic oxidation sites excluding steroid dienone is 1. The Kier molecular flexibility index (Phi) is 3.15. The minimum Gasteiger partial charge on any atom is -0.199 e. The second kappa shape index (κ2) is 4.40. The second-order valence-electron chi connectivity index (χ2n) is 3.94. The molecule has 1 heterocycles. The average molecular weight is 222 g/mol. The first-order valence-electron chi connectivity index (χ1n) is 5.34. The summed E-state index contributed by atoms with van der Waals surface area (Å²) in [6, 6.07) is 8.15. The van der Waals surface area contributed by atoms with Crippen LogP contribution in [0.3, 0.4) is 0 Å². The van der Waals surface area contributed by atoms with E-state index in [1.165, 1.54) is 17.3 Å². The monoisotopic (exact) mass is 222 g/mol. The van der Waals surface area contributed by atoms with Crippen molar-refractivity contribution < 1.29 is 4.39 Å². The van der Waals surface area contributed by atoms with Gasteiger partial charge in [-0.2, -0.15) is 4.39 Å². The van der Waals surface area contributed by atoms with Gasteiger partial charge in [0.25, 0.3) is 0 Å². The van der Waals surface area contributed by atoms with Crippen molar-refractivity contribution in [2.45, 2.75) is 26.0 Å². The Hall–Kier alpha value is -0.760. The number of benzene rings is 1. The first-order valence-corrected chi connectivity index (χ1v) is 6.33. The molecular weight excluding hydrogens is 207 g/mol. The molecule has 0 saturated heterocycles. The Bertz CT molecular complexity index is 395. The van der Waals surface area contributed by atoms with Crippen molar-refractivity contribution in [3.63, 3.8) is 0 Å². The van der Waals surface area contributed by atoms with Crippen molar-refractivity contribution in [2.75, 3.05) is 0 Å². The molecule has 0 fully saturated rings. The summed E-state index contributed by atoms with van der Waals surface area (Å²) in [5.41, 5.74) is 3.28. The Labute approximate surface area is 94.6 Å². The van der Waals surface area contributed by atoms with Crippen LogP contribution in [-0.2, 0) is 5.75 Å². The number of thioether (sulfide) groups is 1. The highest BCUT2D eigenvalue weighted by molar-refractivity contribution is 8.02. The fraction of sp³-hybridized carbons (Fsp3) is 0.385. The quantitative estimate of drug-likeness (QED) is 0.703. The van der Waals surface area contributed by atoms with E-state index >= 15 is 0 Å². The average Bonchev–Trinajstić information content (AvgIpc) is 2.28. The molecule has 0 bridgehead atoms. The molecule has 80 valence electrons. The van der Waals surface area contributed by atoms with Gasteiger partial charge in [-0.15, -0.1) is 0 Å². The van der Waals surface area contributed by atoms with Crippen molar-refractivity contribution in [3.05, 3.63) is 40.6 Å². The van der Waals surface area contributed by atoms with Crippen LogP contribution in [0.1, 0.15) is 31.4 Å². The molecule has 1 atom stereocenters. The highest BCUT2D eigenvalue weighted by Crippen LogP contribution is 2.42. The predicted octanol–water partition coefficient (Wildman–Crippen LogP) is 4.62. The van der Waals surface area contributed by atoms with E-state index in [-0.39, 0.29) is 5.16 Å². The third-order valence-corrected chi connectivity index (χ3v) is 3.91. The molecule has 15 heavy (non-hydrogen) atoms. The minimum absolute atomic E-state index is 0.0167. The number of hydrogen-bond acceptors (Lipinski definition) is 1. The molecule has 1 aliphatic rings. The van der Waals surface area contributed by atoms with Gasteiger partial charge >= 0.3 is 0 Å². The number of fused-ring (bicyclic) bond motifs is 1. The molecule has 0 aromatic heterocycles. The van der Waals surface area contributed by atoms with Gasteiger partial charge in [-0.1, -0.05) is 49.9 Å². The van der Waals surface area contributed by atoms with Crippen molar-refractivity contribution in [2.24, 2.45) is 5.92 Å². The summed E-state index contributed by atoms with van der Waals surface area (Å²) < 4.78 is 13.8. The standard InChI is InChI=1S/C13H15FS/c1-3-9(2)12-11-7-5-4-6-10(11)8-15-13(12)14/h4-7,9H,3,8H2,1-2H3. The molecular formula is C13H15FS. The molecule has 0 aliphatic carbocycles. The van der Waals surface area contributed by atoms with E-state index in [9.17, 15) is 4.39 Å². The van der Waals surface area contributed by atoms with E-state index in [1.807, 2.05) is 18.2 Å². The molecule has 2 heteroatoms. The van der Waals surface area contributed by atoms with Crippen molar-refractivity contribution in [1.82, 2.24) is 0 Å². The summed E-state index contributed by atoms with van der Waals surface area (Å²) in [6.07, 6.45) is 0.984. The summed E-state index contributed by atoms with van der Waals surface area (Å²) >= 11 is 1.33. The molecule has 1 aromatic rings. The lowest BCUT2D eigenvalue weighted by atomic mass is 9.90. The van der Waals surface area contributed by atoms with Gasteiger partial charge in [-0.25, -0.2) is 0 Å². The van der Waals surface area contributed by atoms with E-state index in [0.29, 0.717) is 5.92 Å². The maximum atomic E-state index is 13.8. The molecule has 0 radical (unpaired) electrons. The van der Waals surface area contributed by atoms with Crippen molar-refractivity contribution in [1.29, 1.82) is 0 Å². The minimum atomic E-state index is 0.0167. The van der Waals surface area contributed by atoms with Crippen LogP contribution in [0, 0.1) is 5.92 Å². The molecule has 1 unspecified atom stereocenters. The zero-order valence-corrected chi connectivity index (χ0v) is 9.90. The van der Waals surface area contributed by atoms with E-state index in [4.69, 9.17) is 0 Å². The van der Waals surface area contributed by atoms with Crippen LogP contribution in [0.2, 0.25) is 0 Å². The first kappa shape index (κ1) is 10.7. The lowest BCUT2D eigenvalue weighted by Crippen LogP contribution is -2.05. The fourth-order valence-corrected chi connectivity index (χ4v) is 2.90. The smallest absolute Gasteiger partial charge is 0.160 e. The van der Waals surface area contributed by atoms with Gasteiger partial charge in [0.15, 0.2) is 5.16 Å². The number of rotatable bonds is 2. The SMILES string of the molecule is CCC(C)C1=C(F)SCc2ccccc21. The summed E-state index contributed by atoms with van der Waals surface area (Å²) in [6.45, 7) is 4.20. The lowest BCUT2D eigenvalue weighted by Gasteiger charge is -2.22.